The van der Waals surface area contributed by atoms with Gasteiger partial charge in [0.15, 0.2) is 4.32 Å². The van der Waals surface area contributed by atoms with Gasteiger partial charge < -0.3 is 4.74 Å². The molecule has 0 unspecified atom stereocenters. The molecule has 27 heavy (non-hydrogen) atoms. The van der Waals surface area contributed by atoms with Gasteiger partial charge in [-0.2, -0.15) is 5.01 Å². The number of hydrazine groups is 1. The maximum Gasteiger partial charge on any atom is 0.285 e. The van der Waals surface area contributed by atoms with Crippen molar-refractivity contribution in [3.63, 3.8) is 0 Å². The predicted molar refractivity (Wildman–Crippen MR) is 112 cm³/mol. The van der Waals surface area contributed by atoms with Crippen molar-refractivity contribution in [3.8, 4) is 5.75 Å². The molecule has 1 saturated heterocycles. The quantitative estimate of drug-likeness (QED) is 0.560. The topological polar surface area (TPSA) is 58.6 Å². The van der Waals surface area contributed by atoms with Crippen LogP contribution < -0.4 is 10.2 Å². The van der Waals surface area contributed by atoms with Gasteiger partial charge in [-0.25, -0.2) is 0 Å². The fraction of sp³-hybridized carbons (Fsp3) is 0.0556. The molecule has 1 N–H and O–H groups in total. The summed E-state index contributed by atoms with van der Waals surface area (Å²) in [5.41, 5.74) is 3.40. The first-order chi connectivity index (χ1) is 12.9. The van der Waals surface area contributed by atoms with Crippen LogP contribution in [0, 0.1) is 0 Å². The molecule has 1 fully saturated rings. The van der Waals surface area contributed by atoms with Crippen LogP contribution in [0.4, 0.5) is 0 Å². The molecule has 138 valence electrons. The summed E-state index contributed by atoms with van der Waals surface area (Å²) in [6.45, 7) is 0. The van der Waals surface area contributed by atoms with Crippen LogP contribution in [0.15, 0.2) is 47.4 Å². The van der Waals surface area contributed by atoms with Gasteiger partial charge >= 0.3 is 0 Å². The molecule has 0 bridgehead atoms. The maximum absolute atomic E-state index is 12.7. The van der Waals surface area contributed by atoms with Gasteiger partial charge in [0.25, 0.3) is 11.8 Å². The Bertz CT molecular complexity index is 979. The number of carbonyl (C=O) groups excluding carboxylic acids is 2. The highest BCUT2D eigenvalue weighted by molar-refractivity contribution is 8.26. The molecule has 0 aromatic heterocycles. The van der Waals surface area contributed by atoms with Crippen LogP contribution >= 0.6 is 47.2 Å². The van der Waals surface area contributed by atoms with E-state index in [0.29, 0.717) is 15.7 Å². The number of thioether (sulfide) groups is 1. The smallest absolute Gasteiger partial charge is 0.285 e. The van der Waals surface area contributed by atoms with Crippen molar-refractivity contribution in [3.05, 3.63) is 68.5 Å². The fourth-order valence-electron chi connectivity index (χ4n) is 2.33. The van der Waals surface area contributed by atoms with Crippen molar-refractivity contribution in [2.24, 2.45) is 0 Å². The number of ether oxygens (including phenoxy) is 1. The van der Waals surface area contributed by atoms with E-state index in [1.54, 1.807) is 19.3 Å². The van der Waals surface area contributed by atoms with Crippen LogP contribution in [-0.4, -0.2) is 28.3 Å². The zero-order chi connectivity index (χ0) is 19.6. The Hall–Kier alpha value is -2.06. The summed E-state index contributed by atoms with van der Waals surface area (Å²) in [6, 6.07) is 11.7. The minimum Gasteiger partial charge on any atom is -0.496 e. The van der Waals surface area contributed by atoms with Crippen molar-refractivity contribution in [2.75, 3.05) is 7.11 Å². The number of methoxy groups -OCH3 is 1. The van der Waals surface area contributed by atoms with E-state index < -0.39 is 11.8 Å². The second-order valence-electron chi connectivity index (χ2n) is 5.32. The summed E-state index contributed by atoms with van der Waals surface area (Å²) in [5, 5.41) is 1.60. The molecule has 3 rings (SSSR count). The number of hydrogen-bond donors (Lipinski definition) is 1. The number of amides is 2. The molecule has 1 aliphatic heterocycles. The van der Waals surface area contributed by atoms with Gasteiger partial charge in [-0.05, 0) is 42.6 Å². The largest absolute Gasteiger partial charge is 0.496 e. The van der Waals surface area contributed by atoms with Gasteiger partial charge in [0, 0.05) is 10.6 Å². The Morgan fingerprint density at radius 2 is 2.00 bits per heavy atom. The number of halogens is 2. The number of nitrogens with zero attached hydrogens (tertiary/aromatic N) is 1. The first kappa shape index (κ1) is 19.7. The van der Waals surface area contributed by atoms with Crippen molar-refractivity contribution >= 4 is 69.4 Å². The summed E-state index contributed by atoms with van der Waals surface area (Å²) in [4.78, 5) is 25.5. The van der Waals surface area contributed by atoms with Crippen molar-refractivity contribution in [1.29, 1.82) is 0 Å². The van der Waals surface area contributed by atoms with E-state index >= 15 is 0 Å². The van der Waals surface area contributed by atoms with Gasteiger partial charge in [0.2, 0.25) is 0 Å². The average molecular weight is 439 g/mol. The Morgan fingerprint density at radius 1 is 1.26 bits per heavy atom. The Kier molecular flexibility index (Phi) is 6.06. The second kappa shape index (κ2) is 8.31. The van der Waals surface area contributed by atoms with E-state index in [1.807, 2.05) is 18.2 Å². The molecule has 0 saturated carbocycles. The number of para-hydroxylation sites is 1. The molecular weight excluding hydrogens is 427 g/mol. The first-order valence-corrected chi connectivity index (χ1v) is 9.56. The zero-order valence-corrected chi connectivity index (χ0v) is 17.0. The molecule has 0 spiro atoms. The van der Waals surface area contributed by atoms with Gasteiger partial charge in [-0.15, -0.1) is 0 Å². The number of rotatable bonds is 4. The van der Waals surface area contributed by atoms with Gasteiger partial charge in [-0.1, -0.05) is 53.2 Å². The highest BCUT2D eigenvalue weighted by Gasteiger charge is 2.34. The highest BCUT2D eigenvalue weighted by atomic mass is 35.5. The van der Waals surface area contributed by atoms with Crippen LogP contribution in [0.2, 0.25) is 10.0 Å². The van der Waals surface area contributed by atoms with Gasteiger partial charge in [0.1, 0.15) is 5.75 Å². The van der Waals surface area contributed by atoms with E-state index in [4.69, 9.17) is 40.2 Å². The Labute approximate surface area is 175 Å². The molecule has 1 heterocycles. The summed E-state index contributed by atoms with van der Waals surface area (Å²) in [6.07, 6.45) is 1.67. The minimum atomic E-state index is -0.563. The van der Waals surface area contributed by atoms with Crippen LogP contribution in [0.3, 0.4) is 0 Å². The lowest BCUT2D eigenvalue weighted by Crippen LogP contribution is -2.44. The van der Waals surface area contributed by atoms with Crippen LogP contribution in [0.1, 0.15) is 15.9 Å². The predicted octanol–water partition coefficient (Wildman–Crippen LogP) is 4.55. The molecule has 2 amide bonds. The third-order valence-corrected chi connectivity index (χ3v) is 5.46. The van der Waals surface area contributed by atoms with Crippen molar-refractivity contribution < 1.29 is 14.3 Å². The number of hydrogen-bond acceptors (Lipinski definition) is 5. The summed E-state index contributed by atoms with van der Waals surface area (Å²) < 4.78 is 5.49. The lowest BCUT2D eigenvalue weighted by atomic mass is 10.2. The first-order valence-electron chi connectivity index (χ1n) is 7.57. The molecule has 1 aliphatic rings. The molecule has 0 aliphatic carbocycles. The van der Waals surface area contributed by atoms with Gasteiger partial charge in [0.05, 0.1) is 22.6 Å². The SMILES string of the molecule is COc1ccccc1/C=C1/SC(=S)N(NC(=O)c2ccc(Cl)cc2Cl)C1=O. The van der Waals surface area contributed by atoms with Crippen LogP contribution in [0.5, 0.6) is 5.75 Å². The number of nitrogens with one attached hydrogen (secondary N) is 1. The summed E-state index contributed by atoms with van der Waals surface area (Å²) in [5.74, 6) is -0.374. The molecule has 0 atom stereocenters. The summed E-state index contributed by atoms with van der Waals surface area (Å²) in [7, 11) is 1.55. The Balaban J connectivity index is 1.82. The van der Waals surface area contributed by atoms with Crippen molar-refractivity contribution in [1.82, 2.24) is 10.4 Å². The lowest BCUT2D eigenvalue weighted by molar-refractivity contribution is -0.123. The molecule has 0 radical (unpaired) electrons. The van der Waals surface area contributed by atoms with Crippen LogP contribution in [0.25, 0.3) is 6.08 Å². The minimum absolute atomic E-state index is 0.176. The molecule has 2 aromatic carbocycles. The molecule has 5 nitrogen and oxygen atoms in total. The molecule has 2 aromatic rings. The lowest BCUT2D eigenvalue weighted by Gasteiger charge is -2.16. The molecular formula is C18H12Cl2N2O3S2. The van der Waals surface area contributed by atoms with E-state index in [2.05, 4.69) is 5.43 Å². The standard InChI is InChI=1S/C18H12Cl2N2O3S2/c1-25-14-5-3-2-4-10(14)8-15-17(24)22(18(26)27-15)21-16(23)12-7-6-11(19)9-13(12)20/h2-9H,1H3,(H,21,23)/b15-8+. The number of thiocarbonyl (C=S) groups is 1. The van der Waals surface area contributed by atoms with Crippen molar-refractivity contribution in [2.45, 2.75) is 0 Å². The fourth-order valence-corrected chi connectivity index (χ4v) is 3.99. The normalized spacial score (nSPS) is 15.4. The zero-order valence-electron chi connectivity index (χ0n) is 13.9. The monoisotopic (exact) mass is 438 g/mol. The third-order valence-electron chi connectivity index (χ3n) is 3.61. The average Bonchev–Trinajstić information content (AvgIpc) is 2.89. The van der Waals surface area contributed by atoms with E-state index in [1.165, 1.54) is 18.2 Å². The maximum atomic E-state index is 12.7. The third kappa shape index (κ3) is 4.27. The molecule has 9 heteroatoms. The highest BCUT2D eigenvalue weighted by Crippen LogP contribution is 2.33. The Morgan fingerprint density at radius 3 is 2.70 bits per heavy atom. The van der Waals surface area contributed by atoms with Crippen LogP contribution in [-0.2, 0) is 4.79 Å². The van der Waals surface area contributed by atoms with E-state index in [-0.39, 0.29) is 14.9 Å². The van der Waals surface area contributed by atoms with E-state index in [9.17, 15) is 9.59 Å². The number of benzene rings is 2. The van der Waals surface area contributed by atoms with Gasteiger partial charge in [-0.3, -0.25) is 15.0 Å². The second-order valence-corrected chi connectivity index (χ2v) is 7.84. The summed E-state index contributed by atoms with van der Waals surface area (Å²) >= 11 is 18.2. The number of carbonyl (C=O) groups is 2. The van der Waals surface area contributed by atoms with E-state index in [0.717, 1.165) is 22.3 Å².